The fraction of sp³-hybridized carbons (Fsp3) is 0.400. The van der Waals surface area contributed by atoms with Gasteiger partial charge in [0.05, 0.1) is 22.3 Å². The smallest absolute Gasteiger partial charge is 0.235 e. The quantitative estimate of drug-likeness (QED) is 0.697. The second-order valence-corrected chi connectivity index (χ2v) is 7.28. The number of hydrogen-bond acceptors (Lipinski definition) is 5. The molecule has 1 aromatic carbocycles. The molecular weight excluding hydrogens is 380 g/mol. The fourth-order valence-corrected chi connectivity index (χ4v) is 3.87. The number of hydrogen-bond donors (Lipinski definition) is 2. The maximum absolute atomic E-state index is 14.2. The minimum absolute atomic E-state index is 0.239. The number of fused-ring (bicyclic) bond motifs is 1. The van der Waals surface area contributed by atoms with Crippen LogP contribution in [0.4, 0.5) is 8.78 Å². The van der Waals surface area contributed by atoms with Crippen molar-refractivity contribution < 1.29 is 13.9 Å². The highest BCUT2D eigenvalue weighted by Crippen LogP contribution is 2.31. The predicted molar refractivity (Wildman–Crippen MR) is 106 cm³/mol. The number of aryl methyl sites for hydroxylation is 1. The molecule has 2 N–H and O–H groups in total. The van der Waals surface area contributed by atoms with Gasteiger partial charge in [-0.15, -0.1) is 0 Å². The molecule has 1 saturated heterocycles. The number of aromatic hydroxyl groups is 1. The highest BCUT2D eigenvalue weighted by Gasteiger charge is 2.25. The van der Waals surface area contributed by atoms with Crippen LogP contribution in [-0.4, -0.2) is 62.4 Å². The number of nitrogens with zero attached hydrogens (tertiary/aromatic N) is 4. The lowest BCUT2D eigenvalue weighted by atomic mass is 10.1. The SMILES string of the molecule is CCN1CCN(Cc2nn(C)c3[nH]c(-c4c(F)cccc4F)c(O)c(=O)c23)CC1. The minimum Gasteiger partial charge on any atom is -0.503 e. The average Bonchev–Trinajstić information content (AvgIpc) is 3.01. The molecule has 0 amide bonds. The van der Waals surface area contributed by atoms with Crippen molar-refractivity contribution in [2.75, 3.05) is 32.7 Å². The molecule has 0 saturated carbocycles. The largest absolute Gasteiger partial charge is 0.503 e. The van der Waals surface area contributed by atoms with E-state index in [1.165, 1.54) is 10.7 Å². The Morgan fingerprint density at radius 2 is 1.76 bits per heavy atom. The molecule has 7 nitrogen and oxygen atoms in total. The van der Waals surface area contributed by atoms with Crippen molar-refractivity contribution in [2.45, 2.75) is 13.5 Å². The first kappa shape index (κ1) is 19.5. The van der Waals surface area contributed by atoms with Crippen LogP contribution in [0.1, 0.15) is 12.6 Å². The Morgan fingerprint density at radius 3 is 2.38 bits per heavy atom. The summed E-state index contributed by atoms with van der Waals surface area (Å²) < 4.78 is 29.9. The summed E-state index contributed by atoms with van der Waals surface area (Å²) in [5.41, 5.74) is -0.601. The van der Waals surface area contributed by atoms with E-state index < -0.39 is 28.4 Å². The first-order valence-corrected chi connectivity index (χ1v) is 9.60. The molecule has 154 valence electrons. The van der Waals surface area contributed by atoms with Crippen LogP contribution >= 0.6 is 0 Å². The molecule has 3 heterocycles. The van der Waals surface area contributed by atoms with Gasteiger partial charge in [0.15, 0.2) is 5.75 Å². The van der Waals surface area contributed by atoms with E-state index in [-0.39, 0.29) is 11.1 Å². The molecule has 1 fully saturated rings. The Labute approximate surface area is 166 Å². The highest BCUT2D eigenvalue weighted by atomic mass is 19.1. The molecule has 0 unspecified atom stereocenters. The summed E-state index contributed by atoms with van der Waals surface area (Å²) in [5.74, 6) is -2.45. The summed E-state index contributed by atoms with van der Waals surface area (Å²) in [6, 6.07) is 3.37. The molecule has 1 aliphatic rings. The van der Waals surface area contributed by atoms with Crippen molar-refractivity contribution in [3.05, 3.63) is 45.8 Å². The molecule has 4 rings (SSSR count). The number of piperazine rings is 1. The number of rotatable bonds is 4. The number of nitrogens with one attached hydrogen (secondary N) is 1. The Hall–Kier alpha value is -2.78. The van der Waals surface area contributed by atoms with Crippen LogP contribution in [0.2, 0.25) is 0 Å². The van der Waals surface area contributed by atoms with Crippen molar-refractivity contribution >= 4 is 11.0 Å². The molecule has 0 radical (unpaired) electrons. The Bertz CT molecular complexity index is 1100. The van der Waals surface area contributed by atoms with Gasteiger partial charge in [0.2, 0.25) is 5.43 Å². The van der Waals surface area contributed by atoms with E-state index in [1.54, 1.807) is 7.05 Å². The maximum atomic E-state index is 14.2. The van der Waals surface area contributed by atoms with Crippen molar-refractivity contribution in [3.63, 3.8) is 0 Å². The van der Waals surface area contributed by atoms with Crippen LogP contribution < -0.4 is 5.43 Å². The third kappa shape index (κ3) is 3.40. The van der Waals surface area contributed by atoms with Crippen LogP contribution in [0.5, 0.6) is 5.75 Å². The van der Waals surface area contributed by atoms with E-state index in [0.717, 1.165) is 44.9 Å². The van der Waals surface area contributed by atoms with Gasteiger partial charge >= 0.3 is 0 Å². The van der Waals surface area contributed by atoms with Gasteiger partial charge in [0, 0.05) is 39.8 Å². The van der Waals surface area contributed by atoms with E-state index in [0.29, 0.717) is 17.9 Å². The number of benzene rings is 1. The molecule has 0 spiro atoms. The van der Waals surface area contributed by atoms with Crippen LogP contribution in [0.25, 0.3) is 22.3 Å². The number of aromatic nitrogens is 3. The zero-order valence-electron chi connectivity index (χ0n) is 16.4. The van der Waals surface area contributed by atoms with E-state index in [9.17, 15) is 18.7 Å². The molecule has 3 aromatic rings. The normalized spacial score (nSPS) is 16.0. The Kier molecular flexibility index (Phi) is 5.10. The summed E-state index contributed by atoms with van der Waals surface area (Å²) in [6.07, 6.45) is 0. The van der Waals surface area contributed by atoms with Gasteiger partial charge in [-0.25, -0.2) is 8.78 Å². The number of halogens is 2. The monoisotopic (exact) mass is 403 g/mol. The second-order valence-electron chi connectivity index (χ2n) is 7.28. The van der Waals surface area contributed by atoms with Gasteiger partial charge < -0.3 is 15.0 Å². The van der Waals surface area contributed by atoms with Crippen LogP contribution in [-0.2, 0) is 13.6 Å². The summed E-state index contributed by atoms with van der Waals surface area (Å²) in [5, 5.41) is 15.1. The van der Waals surface area contributed by atoms with Crippen LogP contribution in [0.15, 0.2) is 23.0 Å². The van der Waals surface area contributed by atoms with Gasteiger partial charge in [-0.1, -0.05) is 13.0 Å². The molecule has 29 heavy (non-hydrogen) atoms. The molecule has 0 aliphatic carbocycles. The van der Waals surface area contributed by atoms with Crippen molar-refractivity contribution in [3.8, 4) is 17.0 Å². The van der Waals surface area contributed by atoms with Crippen molar-refractivity contribution in [2.24, 2.45) is 7.05 Å². The molecular formula is C20H23F2N5O2. The van der Waals surface area contributed by atoms with Crippen molar-refractivity contribution in [1.82, 2.24) is 24.6 Å². The van der Waals surface area contributed by atoms with E-state index in [2.05, 4.69) is 26.8 Å². The van der Waals surface area contributed by atoms with Crippen LogP contribution in [0.3, 0.4) is 0 Å². The third-order valence-electron chi connectivity index (χ3n) is 5.54. The molecule has 0 bridgehead atoms. The first-order valence-electron chi connectivity index (χ1n) is 9.60. The predicted octanol–water partition coefficient (Wildman–Crippen LogP) is 2.05. The standard InChI is InChI=1S/C20H23F2N5O2/c1-3-26-7-9-27(10-8-26)11-14-16-18(28)19(29)17(23-20(16)25(2)24-14)15-12(21)5-4-6-13(15)22/h4-6,29H,3,7-11H2,1-2H3,(H,23,28). The number of aromatic amines is 1. The Morgan fingerprint density at radius 1 is 1.14 bits per heavy atom. The molecule has 2 aromatic heterocycles. The summed E-state index contributed by atoms with van der Waals surface area (Å²) >= 11 is 0. The average molecular weight is 403 g/mol. The van der Waals surface area contributed by atoms with E-state index in [4.69, 9.17) is 0 Å². The minimum atomic E-state index is -0.869. The maximum Gasteiger partial charge on any atom is 0.235 e. The molecule has 0 atom stereocenters. The highest BCUT2D eigenvalue weighted by molar-refractivity contribution is 5.84. The van der Waals surface area contributed by atoms with Gasteiger partial charge in [0.25, 0.3) is 0 Å². The van der Waals surface area contributed by atoms with Crippen molar-refractivity contribution in [1.29, 1.82) is 0 Å². The number of likely N-dealkylation sites (N-methyl/N-ethyl adjacent to an activating group) is 1. The van der Waals surface area contributed by atoms with Gasteiger partial charge in [-0.05, 0) is 18.7 Å². The zero-order chi connectivity index (χ0) is 20.7. The lowest BCUT2D eigenvalue weighted by Crippen LogP contribution is -2.45. The second kappa shape index (κ2) is 7.57. The van der Waals surface area contributed by atoms with Gasteiger partial charge in [0.1, 0.15) is 17.3 Å². The topological polar surface area (TPSA) is 77.4 Å². The Balaban J connectivity index is 1.77. The van der Waals surface area contributed by atoms with Gasteiger partial charge in [-0.3, -0.25) is 14.4 Å². The van der Waals surface area contributed by atoms with E-state index in [1.807, 2.05) is 0 Å². The summed E-state index contributed by atoms with van der Waals surface area (Å²) in [7, 11) is 1.65. The number of H-pyrrole nitrogens is 1. The third-order valence-corrected chi connectivity index (χ3v) is 5.54. The summed E-state index contributed by atoms with van der Waals surface area (Å²) in [6.45, 7) is 7.19. The van der Waals surface area contributed by atoms with Crippen LogP contribution in [0, 0.1) is 11.6 Å². The van der Waals surface area contributed by atoms with E-state index >= 15 is 0 Å². The molecule has 1 aliphatic heterocycles. The summed E-state index contributed by atoms with van der Waals surface area (Å²) in [4.78, 5) is 20.3. The van der Waals surface area contributed by atoms with Gasteiger partial charge in [-0.2, -0.15) is 5.10 Å². The zero-order valence-corrected chi connectivity index (χ0v) is 16.4. The lowest BCUT2D eigenvalue weighted by molar-refractivity contribution is 0.131. The lowest BCUT2D eigenvalue weighted by Gasteiger charge is -2.33. The first-order chi connectivity index (χ1) is 13.9. The number of pyridine rings is 1. The fourth-order valence-electron chi connectivity index (χ4n) is 3.87. The molecule has 9 heteroatoms.